The van der Waals surface area contributed by atoms with Gasteiger partial charge in [-0.25, -0.2) is 19.2 Å². The maximum absolute atomic E-state index is 11.7. The Morgan fingerprint density at radius 2 is 0.582 bits per heavy atom. The summed E-state index contributed by atoms with van der Waals surface area (Å²) < 4.78 is 98.1. The van der Waals surface area contributed by atoms with E-state index in [9.17, 15) is 68.2 Å². The van der Waals surface area contributed by atoms with Gasteiger partial charge in [-0.2, -0.15) is 0 Å². The summed E-state index contributed by atoms with van der Waals surface area (Å²) in [5.74, 6) is 0.201. The van der Waals surface area contributed by atoms with Gasteiger partial charge in [-0.05, 0) is 71.8 Å². The lowest BCUT2D eigenvalue weighted by Gasteiger charge is -2.08. The van der Waals surface area contributed by atoms with Crippen LogP contribution in [0.1, 0.15) is 25.7 Å². The fourth-order valence-electron chi connectivity index (χ4n) is 7.05. The van der Waals surface area contributed by atoms with Gasteiger partial charge in [0.25, 0.3) is 37.3 Å². The van der Waals surface area contributed by atoms with Crippen molar-refractivity contribution in [3.05, 3.63) is 117 Å². The van der Waals surface area contributed by atoms with E-state index in [-0.39, 0.29) is 129 Å². The van der Waals surface area contributed by atoms with Crippen molar-refractivity contribution in [3.63, 3.8) is 0 Å². The van der Waals surface area contributed by atoms with Crippen LogP contribution < -0.4 is 19.1 Å². The van der Waals surface area contributed by atoms with Gasteiger partial charge in [0.1, 0.15) is 99.0 Å². The fraction of sp³-hybridized carbons (Fsp3) is 0.485. The lowest BCUT2D eigenvalue weighted by atomic mass is 10.3. The number of carbonyl (C=O) groups is 10. The van der Waals surface area contributed by atoms with Crippen LogP contribution in [0.15, 0.2) is 97.1 Å². The molecule has 2 heterocycles. The van der Waals surface area contributed by atoms with E-state index in [0.717, 1.165) is 35.1 Å². The molecule has 606 valence electrons. The van der Waals surface area contributed by atoms with Crippen LogP contribution in [-0.4, -0.2) is 288 Å². The largest absolute Gasteiger partial charge is 0.535 e. The zero-order chi connectivity index (χ0) is 79.8. The lowest BCUT2D eigenvalue weighted by molar-refractivity contribution is -0.385. The number of ether oxygens (including phenoxy) is 20. The highest BCUT2D eigenvalue weighted by atomic mass is 16.8. The van der Waals surface area contributed by atoms with Crippen LogP contribution in [0.4, 0.5) is 30.6 Å². The van der Waals surface area contributed by atoms with Gasteiger partial charge in [0.05, 0.1) is 129 Å². The first-order valence-electron chi connectivity index (χ1n) is 33.1. The first-order chi connectivity index (χ1) is 53.8. The molecule has 0 aliphatic carbocycles. The number of rotatable bonds is 57. The average molecular weight is 1570 g/mol. The molecule has 6 aromatic rings. The molecule has 44 heteroatoms. The quantitative estimate of drug-likeness (QED) is 0.00760. The summed E-state index contributed by atoms with van der Waals surface area (Å²) in [6.45, 7) is 9.04. The minimum absolute atomic E-state index is 0.0165. The SMILES string of the molecule is O=C(OCCOCCOCCOC(=O)Oc1ccc([N+](=O)[O-])cc1)Oc1ccc([N+](=O)[O-])cc1.O=C(OCCOCCOCCOC(=O)On1nnc2ccccc21)On1nnc2ccccc21.O=CCCCOCCOCCCC=O.O=COCCOCCOCCOC=O.O=COCCOCCOCCOC=O. The van der Waals surface area contributed by atoms with Crippen molar-refractivity contribution in [2.75, 3.05) is 185 Å². The van der Waals surface area contributed by atoms with Gasteiger partial charge in [-0.1, -0.05) is 34.0 Å². The number of benzene rings is 4. The Morgan fingerprint density at radius 1 is 0.327 bits per heavy atom. The number of hydrogen-bond donors (Lipinski definition) is 0. The standard InChI is InChI=1S/C20H20N6O8.C20H20N2O12.C10H18O4.2C8H14O6/c27-19(33-25-17-7-3-1-5-15(17)21-23-25)31-13-11-29-9-10-30-12-14-32-20(28)34-26-18-8-4-2-6-16(18)22-24-26;23-19(33-17-5-1-15(2-6-17)21(25)26)31-13-11-29-9-10-30-12-14-32-20(24)34-18-7-3-16(4-8-18)22(27)28;11-5-1-3-7-13-9-10-14-8-4-2-6-12;2*9-7-13-5-3-11-1-2-12-4-6-14-8-10/h2*1-8H,9-14H2;5-6H,1-4,7-10H2;2*7-8H,1-6H2. The third-order valence-corrected chi connectivity index (χ3v) is 12.0. The molecule has 4 aromatic carbocycles. The summed E-state index contributed by atoms with van der Waals surface area (Å²) >= 11 is 0. The number of para-hydroxylation sites is 2. The second kappa shape index (κ2) is 66.8. The van der Waals surface area contributed by atoms with E-state index in [1.807, 2.05) is 0 Å². The van der Waals surface area contributed by atoms with Crippen LogP contribution in [0.2, 0.25) is 0 Å². The zero-order valence-electron chi connectivity index (χ0n) is 59.6. The molecule has 0 saturated carbocycles. The monoisotopic (exact) mass is 1570 g/mol. The Balaban J connectivity index is 0.000000501. The fourth-order valence-corrected chi connectivity index (χ4v) is 7.05. The molecular formula is C66H86N8O36. The highest BCUT2D eigenvalue weighted by Gasteiger charge is 2.15. The van der Waals surface area contributed by atoms with Crippen molar-refractivity contribution in [1.29, 1.82) is 0 Å². The number of hydrogen-bond acceptors (Lipinski definition) is 40. The van der Waals surface area contributed by atoms with E-state index >= 15 is 0 Å². The highest BCUT2D eigenvalue weighted by molar-refractivity contribution is 5.75. The number of nitrogens with zero attached hydrogens (tertiary/aromatic N) is 8. The predicted molar refractivity (Wildman–Crippen MR) is 368 cm³/mol. The van der Waals surface area contributed by atoms with Crippen LogP contribution in [0, 0.1) is 20.2 Å². The van der Waals surface area contributed by atoms with E-state index in [1.165, 1.54) is 48.5 Å². The second-order valence-electron chi connectivity index (χ2n) is 19.8. The van der Waals surface area contributed by atoms with Crippen molar-refractivity contribution in [2.45, 2.75) is 25.7 Å². The molecule has 0 spiro atoms. The van der Waals surface area contributed by atoms with Gasteiger partial charge >= 0.3 is 24.6 Å². The topological polar surface area (TPSA) is 521 Å². The molecule has 0 fully saturated rings. The third-order valence-electron chi connectivity index (χ3n) is 12.0. The van der Waals surface area contributed by atoms with E-state index in [0.29, 0.717) is 140 Å². The minimum atomic E-state index is -0.980. The molecule has 0 N–H and O–H groups in total. The summed E-state index contributed by atoms with van der Waals surface area (Å²) in [4.78, 5) is 137. The predicted octanol–water partition coefficient (Wildman–Crippen LogP) is 4.02. The first kappa shape index (κ1) is 94.5. The van der Waals surface area contributed by atoms with Crippen molar-refractivity contribution in [2.24, 2.45) is 0 Å². The molecular weight excluding hydrogens is 1480 g/mol. The zero-order valence-corrected chi connectivity index (χ0v) is 59.6. The molecule has 6 rings (SSSR count). The second-order valence-corrected chi connectivity index (χ2v) is 19.8. The molecule has 0 saturated heterocycles. The van der Waals surface area contributed by atoms with Gasteiger partial charge in [0.2, 0.25) is 0 Å². The molecule has 110 heavy (non-hydrogen) atoms. The summed E-state index contributed by atoms with van der Waals surface area (Å²) in [5.41, 5.74) is 1.98. The van der Waals surface area contributed by atoms with Crippen molar-refractivity contribution in [1.82, 2.24) is 30.3 Å². The van der Waals surface area contributed by atoms with Gasteiger partial charge in [0.15, 0.2) is 0 Å². The molecule has 2 aromatic heterocycles. The van der Waals surface area contributed by atoms with Crippen LogP contribution in [0.5, 0.6) is 11.5 Å². The maximum atomic E-state index is 11.7. The van der Waals surface area contributed by atoms with Gasteiger partial charge in [-0.15, -0.1) is 10.2 Å². The number of aromatic nitrogens is 6. The lowest BCUT2D eigenvalue weighted by Crippen LogP contribution is -2.24. The Kier molecular flexibility index (Phi) is 57.4. The number of unbranched alkanes of at least 4 members (excludes halogenated alkanes) is 2. The Morgan fingerprint density at radius 3 is 0.855 bits per heavy atom. The molecule has 44 nitrogen and oxygen atoms in total. The molecule has 0 atom stereocenters. The Hall–Kier alpha value is -11.6. The van der Waals surface area contributed by atoms with Crippen LogP contribution in [-0.2, 0) is 114 Å². The molecule has 0 radical (unpaired) electrons. The normalized spacial score (nSPS) is 10.2. The highest BCUT2D eigenvalue weighted by Crippen LogP contribution is 2.19. The van der Waals surface area contributed by atoms with Crippen molar-refractivity contribution in [3.8, 4) is 11.5 Å². The van der Waals surface area contributed by atoms with Gasteiger partial charge in [-0.3, -0.25) is 49.1 Å². The van der Waals surface area contributed by atoms with Gasteiger partial charge in [0, 0.05) is 50.3 Å². The van der Waals surface area contributed by atoms with Crippen LogP contribution in [0.3, 0.4) is 0 Å². The molecule has 0 aliphatic rings. The smallest absolute Gasteiger partial charge is 0.465 e. The van der Waals surface area contributed by atoms with Crippen LogP contribution in [0.25, 0.3) is 22.1 Å². The summed E-state index contributed by atoms with van der Waals surface area (Å²) in [6.07, 6.45) is 0.609. The van der Waals surface area contributed by atoms with E-state index < -0.39 is 34.5 Å². The summed E-state index contributed by atoms with van der Waals surface area (Å²) in [5, 5.41) is 36.3. The van der Waals surface area contributed by atoms with Gasteiger partial charge < -0.3 is 104 Å². The molecule has 0 unspecified atom stereocenters. The van der Waals surface area contributed by atoms with E-state index in [4.69, 9.17) is 85.5 Å². The van der Waals surface area contributed by atoms with E-state index in [2.05, 4.69) is 39.6 Å². The average Bonchev–Trinajstić information content (AvgIpc) is 1.70. The van der Waals surface area contributed by atoms with Crippen LogP contribution >= 0.6 is 0 Å². The molecule has 0 bridgehead atoms. The first-order valence-corrected chi connectivity index (χ1v) is 33.1. The van der Waals surface area contributed by atoms with Crippen molar-refractivity contribution >= 4 is 96.5 Å². The summed E-state index contributed by atoms with van der Waals surface area (Å²) in [6, 6.07) is 23.9. The maximum Gasteiger partial charge on any atom is 0.535 e. The number of nitro benzene ring substituents is 2. The molecule has 0 aliphatic heterocycles. The van der Waals surface area contributed by atoms with E-state index in [1.54, 1.807) is 48.5 Å². The number of fused-ring (bicyclic) bond motifs is 2. The number of carbonyl (C=O) groups excluding carboxylic acids is 10. The number of nitro groups is 2. The Labute approximate surface area is 626 Å². The minimum Gasteiger partial charge on any atom is -0.465 e. The Bertz CT molecular complexity index is 3160. The number of aldehydes is 2. The number of non-ortho nitro benzene ring substituents is 2. The molecule has 0 amide bonds. The third kappa shape index (κ3) is 50.8. The van der Waals surface area contributed by atoms with Crippen molar-refractivity contribution < 1.29 is 162 Å². The summed E-state index contributed by atoms with van der Waals surface area (Å²) in [7, 11) is 0.